The van der Waals surface area contributed by atoms with Gasteiger partial charge in [-0.25, -0.2) is 0 Å². The zero-order valence-corrected chi connectivity index (χ0v) is 95.9. The summed E-state index contributed by atoms with van der Waals surface area (Å²) in [6.45, 7) is 99.9. The Morgan fingerprint density at radius 1 is 0.208 bits per heavy atom. The summed E-state index contributed by atoms with van der Waals surface area (Å²) in [7, 11) is 0. The number of nitrogens with zero attached hydrogens (tertiary/aromatic N) is 6. The molecule has 0 aliphatic heterocycles. The van der Waals surface area contributed by atoms with Crippen LogP contribution < -0.4 is 16.0 Å². The summed E-state index contributed by atoms with van der Waals surface area (Å²) in [6.07, 6.45) is 7.48. The molecule has 10 aromatic carbocycles. The van der Waals surface area contributed by atoms with Crippen molar-refractivity contribution in [1.29, 1.82) is 0 Å². The molecule has 0 aliphatic carbocycles. The molecular formula is C118H171N9Zr3. The van der Waals surface area contributed by atoms with Crippen LogP contribution in [0.3, 0.4) is 0 Å². The van der Waals surface area contributed by atoms with Gasteiger partial charge in [-0.2, -0.15) is 98.5 Å². The molecule has 0 aliphatic rings. The number of unbranched alkanes of at least 4 members (excludes halogenated alkanes) is 2. The molecule has 0 atom stereocenters. The zero-order valence-electron chi connectivity index (χ0n) is 88.5. The summed E-state index contributed by atoms with van der Waals surface area (Å²) in [5.41, 5.74) is 57.4. The van der Waals surface area contributed by atoms with Crippen molar-refractivity contribution in [2.24, 2.45) is 0 Å². The fraction of sp³-hybridized carbons (Fsp3) is 0.441. The van der Waals surface area contributed by atoms with Gasteiger partial charge in [0.1, 0.15) is 0 Å². The summed E-state index contributed by atoms with van der Waals surface area (Å²) in [5, 5.41) is 39.8. The minimum Gasteiger partial charge on any atom is -0.683 e. The van der Waals surface area contributed by atoms with Crippen LogP contribution in [0.5, 0.6) is 0 Å². The molecule has 0 saturated carbocycles. The summed E-state index contributed by atoms with van der Waals surface area (Å²) in [6, 6.07) is 33.1. The van der Waals surface area contributed by atoms with Gasteiger partial charge >= 0.3 is 78.6 Å². The second-order valence-corrected chi connectivity index (χ2v) is 35.2. The molecule has 0 amide bonds. The number of benzene rings is 10. The van der Waals surface area contributed by atoms with Gasteiger partial charge in [0.25, 0.3) is 0 Å². The first-order valence-electron chi connectivity index (χ1n) is 46.2. The Hall–Kier alpha value is -6.99. The minimum absolute atomic E-state index is 0. The van der Waals surface area contributed by atoms with Crippen LogP contribution in [0.25, 0.3) is 31.9 Å². The molecule has 0 fully saturated rings. The maximum absolute atomic E-state index is 4.89. The number of rotatable bonds is 30. The number of hydrogen-bond acceptors (Lipinski definition) is 3. The Morgan fingerprint density at radius 2 is 0.354 bits per heavy atom. The molecule has 700 valence electrons. The Morgan fingerprint density at radius 3 is 0.485 bits per heavy atom. The predicted octanol–water partition coefficient (Wildman–Crippen LogP) is 32.9. The minimum atomic E-state index is 0. The molecule has 10 rings (SSSR count). The third kappa shape index (κ3) is 37.7. The second kappa shape index (κ2) is 63.3. The molecule has 0 spiro atoms. The van der Waals surface area contributed by atoms with Crippen molar-refractivity contribution in [3.05, 3.63) is 383 Å². The maximum Gasteiger partial charge on any atom is 4.00 e. The van der Waals surface area contributed by atoms with E-state index in [1.165, 1.54) is 262 Å². The molecular weight excluding hydrogens is 1820 g/mol. The van der Waals surface area contributed by atoms with E-state index in [0.717, 1.165) is 101 Å². The van der Waals surface area contributed by atoms with Gasteiger partial charge in [-0.1, -0.05) is 144 Å². The fourth-order valence-corrected chi connectivity index (χ4v) is 15.9. The van der Waals surface area contributed by atoms with Gasteiger partial charge in [0, 0.05) is 0 Å². The Labute approximate surface area is 856 Å². The van der Waals surface area contributed by atoms with Crippen molar-refractivity contribution in [1.82, 2.24) is 16.0 Å². The monoisotopic (exact) mass is 1980 g/mol. The van der Waals surface area contributed by atoms with E-state index in [-0.39, 0.29) is 93.5 Å². The van der Waals surface area contributed by atoms with E-state index in [9.17, 15) is 0 Å². The first kappa shape index (κ1) is 125. The van der Waals surface area contributed by atoms with E-state index in [1.807, 2.05) is 36.4 Å². The van der Waals surface area contributed by atoms with E-state index >= 15 is 0 Å². The summed E-state index contributed by atoms with van der Waals surface area (Å²) >= 11 is 0. The largest absolute Gasteiger partial charge is 4.00 e. The van der Waals surface area contributed by atoms with Crippen molar-refractivity contribution in [2.75, 3.05) is 78.5 Å². The molecule has 10 aromatic rings. The molecule has 12 heteroatoms. The predicted molar refractivity (Wildman–Crippen MR) is 570 cm³/mol. The molecule has 0 bridgehead atoms. The summed E-state index contributed by atoms with van der Waals surface area (Å²) < 4.78 is 0. The van der Waals surface area contributed by atoms with Crippen molar-refractivity contribution in [3.8, 4) is 0 Å². The fourth-order valence-electron chi connectivity index (χ4n) is 15.9. The standard InChI is InChI=1S/3C26H39N3.2C11H15.2C8H9.2CH3.3Zr/c3*1-15-17(3)21(7)25(22(8)18(15)4)28-13-11-27-12-14-29-26-23(9)19(5)16(2)20(6)24(26)10;2*1-3-4-7-11-8-5-6-10(2)9-11;2*1-7-4-3-5-8(2)6-7;;;;;/h3*27H,11-14H2,1-10H3;2*5-6,8-9H,2-4,7H2,1H3;2*3-6H,1H2,2H3;2*1H3;;;/q3*-2;6*-1;3*+4. The van der Waals surface area contributed by atoms with E-state index in [4.69, 9.17) is 31.9 Å². The SMILES string of the molecule is Cc1c(C)c(C)c([N-]CCNCC[N-]c2c(C)c(C)c(C)c(C)c2C)c(C)c1C.Cc1c(C)c(C)c([N-]CCNCC[N-]c2c(C)c(C)c(C)c(C)c2C)c(C)c1C.Cc1c(C)c(C)c([N-]CCNCC[N-]c2c(C)c(C)c(C)c(C)c2C)c(C)c1C.[CH2-]c1cccc(C)c1.[CH2-]c1cccc(C)c1.[CH2-]c1cccc(CCCC)c1.[CH2-]c1cccc(CCCC)c1.[CH3-].[CH3-].[Zr+4].[Zr+4].[Zr+4]. The second-order valence-electron chi connectivity index (χ2n) is 35.2. The molecule has 130 heavy (non-hydrogen) atoms. The van der Waals surface area contributed by atoms with Crippen LogP contribution in [0.2, 0.25) is 0 Å². The molecule has 0 unspecified atom stereocenters. The molecule has 9 nitrogen and oxygen atoms in total. The van der Waals surface area contributed by atoms with Crippen LogP contribution in [-0.2, 0) is 91.5 Å². The van der Waals surface area contributed by atoms with E-state index in [1.54, 1.807) is 0 Å². The van der Waals surface area contributed by atoms with E-state index in [2.05, 4.69) is 340 Å². The van der Waals surface area contributed by atoms with Crippen LogP contribution in [0, 0.1) is 264 Å². The summed E-state index contributed by atoms with van der Waals surface area (Å²) in [4.78, 5) is 0. The van der Waals surface area contributed by atoms with E-state index < -0.39 is 0 Å². The molecule has 3 N–H and O–H groups in total. The van der Waals surface area contributed by atoms with Crippen molar-refractivity contribution in [2.45, 2.75) is 274 Å². The van der Waals surface area contributed by atoms with Gasteiger partial charge in [0.2, 0.25) is 0 Å². The van der Waals surface area contributed by atoms with E-state index in [0.29, 0.717) is 0 Å². The third-order valence-electron chi connectivity index (χ3n) is 26.9. The van der Waals surface area contributed by atoms with Gasteiger partial charge < -0.3 is 62.7 Å². The first-order chi connectivity index (χ1) is 59.0. The smallest absolute Gasteiger partial charge is 0.683 e. The third-order valence-corrected chi connectivity index (χ3v) is 26.9. The topological polar surface area (TPSA) is 121 Å². The van der Waals surface area contributed by atoms with Crippen LogP contribution in [0.15, 0.2) is 97.1 Å². The Kier molecular flexibility index (Phi) is 60.9. The average Bonchev–Trinajstić information content (AvgIpc) is 0.829. The Balaban J connectivity index is 0. The first-order valence-corrected chi connectivity index (χ1v) is 46.2. The van der Waals surface area contributed by atoms with Crippen LogP contribution >= 0.6 is 0 Å². The summed E-state index contributed by atoms with van der Waals surface area (Å²) in [5.74, 6) is 0. The molecule has 0 heterocycles. The maximum atomic E-state index is 4.89. The van der Waals surface area contributed by atoms with Gasteiger partial charge in [-0.15, -0.1) is 120 Å². The molecule has 0 radical (unpaired) electrons. The van der Waals surface area contributed by atoms with Gasteiger partial charge in [-0.3, -0.25) is 0 Å². The quantitative estimate of drug-likeness (QED) is 0.0307. The van der Waals surface area contributed by atoms with Crippen molar-refractivity contribution in [3.63, 3.8) is 0 Å². The van der Waals surface area contributed by atoms with Crippen LogP contribution in [0.4, 0.5) is 34.1 Å². The van der Waals surface area contributed by atoms with Crippen LogP contribution in [0.1, 0.15) is 251 Å². The van der Waals surface area contributed by atoms with Crippen LogP contribution in [-0.4, -0.2) is 78.5 Å². The molecule has 0 saturated heterocycles. The Bertz CT molecular complexity index is 4240. The zero-order chi connectivity index (χ0) is 93.8. The number of hydrogen-bond donors (Lipinski definition) is 3. The van der Waals surface area contributed by atoms with Gasteiger partial charge in [-0.05, 0) is 360 Å². The van der Waals surface area contributed by atoms with Gasteiger partial charge in [0.05, 0.1) is 0 Å². The van der Waals surface area contributed by atoms with Crippen molar-refractivity contribution >= 4 is 34.1 Å². The number of nitrogens with one attached hydrogen (secondary N) is 3. The van der Waals surface area contributed by atoms with Crippen molar-refractivity contribution < 1.29 is 78.6 Å². The number of aryl methyl sites for hydroxylation is 4. The van der Waals surface area contributed by atoms with Gasteiger partial charge in [0.15, 0.2) is 0 Å². The normalized spacial score (nSPS) is 10.2. The molecule has 0 aromatic heterocycles. The average molecular weight is 1990 g/mol.